The summed E-state index contributed by atoms with van der Waals surface area (Å²) in [6.45, 7) is 0.638. The summed E-state index contributed by atoms with van der Waals surface area (Å²) in [4.78, 5) is 3.79. The molecule has 0 fully saturated rings. The third-order valence-corrected chi connectivity index (χ3v) is 2.57. The number of nitrogens with one attached hydrogen (secondary N) is 1. The van der Waals surface area contributed by atoms with Crippen molar-refractivity contribution in [3.63, 3.8) is 0 Å². The van der Waals surface area contributed by atoms with Gasteiger partial charge in [-0.1, -0.05) is 5.92 Å². The number of anilines is 1. The fraction of sp³-hybridized carbons (Fsp3) is 0.364. The monoisotopic (exact) mass is 276 g/mol. The summed E-state index contributed by atoms with van der Waals surface area (Å²) in [6.07, 6.45) is 1.41. The molecule has 18 heavy (non-hydrogen) atoms. The Morgan fingerprint density at radius 2 is 2.22 bits per heavy atom. The molecule has 1 N–H and O–H groups in total. The van der Waals surface area contributed by atoms with E-state index in [0.717, 1.165) is 11.9 Å². The van der Waals surface area contributed by atoms with Gasteiger partial charge in [0.05, 0.1) is 11.9 Å². The zero-order valence-electron chi connectivity index (χ0n) is 9.33. The third-order valence-electron chi connectivity index (χ3n) is 1.71. The molecule has 0 radical (unpaired) electrons. The van der Waals surface area contributed by atoms with Gasteiger partial charge in [0, 0.05) is 12.3 Å². The van der Waals surface area contributed by atoms with Crippen molar-refractivity contribution in [3.05, 3.63) is 18.3 Å². The van der Waals surface area contributed by atoms with Crippen LogP contribution in [0.5, 0.6) is 5.75 Å². The van der Waals surface area contributed by atoms with E-state index >= 15 is 0 Å². The second-order valence-electron chi connectivity index (χ2n) is 3.11. The number of nitrogens with zero attached hydrogens (tertiary/aromatic N) is 1. The fourth-order valence-electron chi connectivity index (χ4n) is 1.06. The van der Waals surface area contributed by atoms with Crippen molar-refractivity contribution in [2.45, 2.75) is 6.36 Å². The minimum atomic E-state index is -4.69. The number of pyridine rings is 1. The Morgan fingerprint density at radius 1 is 1.44 bits per heavy atom. The molecule has 0 saturated heterocycles. The number of terminal acetylenes is 1. The predicted octanol–water partition coefficient (Wildman–Crippen LogP) is 2.76. The van der Waals surface area contributed by atoms with Crippen molar-refractivity contribution in [1.29, 1.82) is 0 Å². The molecule has 1 rings (SSSR count). The van der Waals surface area contributed by atoms with Gasteiger partial charge in [-0.3, -0.25) is 0 Å². The molecule has 1 aromatic heterocycles. The van der Waals surface area contributed by atoms with Crippen molar-refractivity contribution < 1.29 is 17.9 Å². The SMILES string of the molecule is C#CCSCCNc1ccc(OC(F)(F)F)cn1. The predicted molar refractivity (Wildman–Crippen MR) is 65.6 cm³/mol. The van der Waals surface area contributed by atoms with E-state index in [-0.39, 0.29) is 5.75 Å². The molecule has 0 aliphatic heterocycles. The Labute approximate surface area is 107 Å². The van der Waals surface area contributed by atoms with Crippen LogP contribution in [-0.2, 0) is 0 Å². The van der Waals surface area contributed by atoms with E-state index in [1.807, 2.05) is 0 Å². The lowest BCUT2D eigenvalue weighted by atomic mass is 10.4. The number of thioether (sulfide) groups is 1. The molecule has 0 bridgehead atoms. The van der Waals surface area contributed by atoms with Crippen molar-refractivity contribution in [2.75, 3.05) is 23.4 Å². The first kappa shape index (κ1) is 14.5. The number of alkyl halides is 3. The van der Waals surface area contributed by atoms with E-state index in [1.165, 1.54) is 12.1 Å². The van der Waals surface area contributed by atoms with Crippen LogP contribution in [0, 0.1) is 12.3 Å². The number of aromatic nitrogens is 1. The summed E-state index contributed by atoms with van der Waals surface area (Å²) < 4.78 is 39.3. The van der Waals surface area contributed by atoms with E-state index in [2.05, 4.69) is 21.0 Å². The molecule has 0 unspecified atom stereocenters. The van der Waals surface area contributed by atoms with Crippen LogP contribution in [-0.4, -0.2) is 29.4 Å². The molecule has 0 spiro atoms. The average Bonchev–Trinajstić information content (AvgIpc) is 2.29. The first-order valence-corrected chi connectivity index (χ1v) is 6.13. The smallest absolute Gasteiger partial charge is 0.404 e. The van der Waals surface area contributed by atoms with Gasteiger partial charge < -0.3 is 10.1 Å². The molecule has 0 aliphatic carbocycles. The number of ether oxygens (including phenoxy) is 1. The zero-order valence-corrected chi connectivity index (χ0v) is 10.1. The van der Waals surface area contributed by atoms with Crippen LogP contribution in [0.25, 0.3) is 0 Å². The Balaban J connectivity index is 2.34. The molecule has 0 saturated carbocycles. The van der Waals surface area contributed by atoms with Gasteiger partial charge >= 0.3 is 6.36 Å². The highest BCUT2D eigenvalue weighted by atomic mass is 32.2. The minimum absolute atomic E-state index is 0.338. The molecule has 0 aliphatic rings. The zero-order chi connectivity index (χ0) is 13.4. The largest absolute Gasteiger partial charge is 0.573 e. The highest BCUT2D eigenvalue weighted by molar-refractivity contribution is 7.99. The number of hydrogen-bond acceptors (Lipinski definition) is 4. The number of hydrogen-bond donors (Lipinski definition) is 1. The fourth-order valence-corrected chi connectivity index (χ4v) is 1.57. The summed E-state index contributed by atoms with van der Waals surface area (Å²) in [7, 11) is 0. The van der Waals surface area contributed by atoms with E-state index in [4.69, 9.17) is 6.42 Å². The van der Waals surface area contributed by atoms with Crippen LogP contribution < -0.4 is 10.1 Å². The number of halogens is 3. The first-order chi connectivity index (χ1) is 8.51. The van der Waals surface area contributed by atoms with Crippen molar-refractivity contribution in [2.24, 2.45) is 0 Å². The van der Waals surface area contributed by atoms with Gasteiger partial charge in [-0.25, -0.2) is 4.98 Å². The topological polar surface area (TPSA) is 34.1 Å². The summed E-state index contributed by atoms with van der Waals surface area (Å²) in [5, 5.41) is 2.96. The lowest BCUT2D eigenvalue weighted by molar-refractivity contribution is -0.274. The van der Waals surface area contributed by atoms with Crippen molar-refractivity contribution in [3.8, 4) is 18.1 Å². The van der Waals surface area contributed by atoms with Crippen LogP contribution >= 0.6 is 11.8 Å². The van der Waals surface area contributed by atoms with Gasteiger partial charge in [0.25, 0.3) is 0 Å². The normalized spacial score (nSPS) is 10.8. The summed E-state index contributed by atoms with van der Waals surface area (Å²) in [5.41, 5.74) is 0. The lowest BCUT2D eigenvalue weighted by Gasteiger charge is -2.09. The van der Waals surface area contributed by atoms with Gasteiger partial charge in [0.2, 0.25) is 0 Å². The second kappa shape index (κ2) is 7.01. The molecule has 1 heterocycles. The Bertz CT molecular complexity index is 400. The Kier molecular flexibility index (Phi) is 5.65. The maximum Gasteiger partial charge on any atom is 0.573 e. The van der Waals surface area contributed by atoms with Crippen LogP contribution in [0.3, 0.4) is 0 Å². The van der Waals surface area contributed by atoms with Gasteiger partial charge in [-0.05, 0) is 12.1 Å². The summed E-state index contributed by atoms with van der Waals surface area (Å²) in [5.74, 6) is 4.08. The first-order valence-electron chi connectivity index (χ1n) is 4.98. The molecular weight excluding hydrogens is 265 g/mol. The maximum atomic E-state index is 11.9. The quantitative estimate of drug-likeness (QED) is 0.640. The molecule has 0 atom stereocenters. The van der Waals surface area contributed by atoms with Gasteiger partial charge in [0.1, 0.15) is 11.6 Å². The Morgan fingerprint density at radius 3 is 2.78 bits per heavy atom. The van der Waals surface area contributed by atoms with Crippen molar-refractivity contribution in [1.82, 2.24) is 4.98 Å². The molecule has 0 amide bonds. The Hall–Kier alpha value is -1.55. The third kappa shape index (κ3) is 6.25. The highest BCUT2D eigenvalue weighted by Gasteiger charge is 2.31. The lowest BCUT2D eigenvalue weighted by Crippen LogP contribution is -2.17. The highest BCUT2D eigenvalue weighted by Crippen LogP contribution is 2.22. The standard InChI is InChI=1S/C11H11F3N2OS/c1-2-6-18-7-5-15-10-4-3-9(8-16-10)17-11(12,13)14/h1,3-4,8H,5-7H2,(H,15,16). The molecule has 3 nitrogen and oxygen atoms in total. The summed E-state index contributed by atoms with van der Waals surface area (Å²) in [6, 6.07) is 2.63. The van der Waals surface area contributed by atoms with Gasteiger partial charge in [-0.15, -0.1) is 31.4 Å². The van der Waals surface area contributed by atoms with Gasteiger partial charge in [-0.2, -0.15) is 0 Å². The van der Waals surface area contributed by atoms with Crippen molar-refractivity contribution >= 4 is 17.6 Å². The number of rotatable bonds is 6. The van der Waals surface area contributed by atoms with E-state index in [9.17, 15) is 13.2 Å². The minimum Gasteiger partial charge on any atom is -0.404 e. The van der Waals surface area contributed by atoms with Crippen LogP contribution in [0.15, 0.2) is 18.3 Å². The molecule has 1 aromatic rings. The summed E-state index contributed by atoms with van der Waals surface area (Å²) >= 11 is 1.58. The molecule has 98 valence electrons. The van der Waals surface area contributed by atoms with Crippen LogP contribution in [0.2, 0.25) is 0 Å². The average molecular weight is 276 g/mol. The maximum absolute atomic E-state index is 11.9. The van der Waals surface area contributed by atoms with Gasteiger partial charge in [0.15, 0.2) is 0 Å². The second-order valence-corrected chi connectivity index (χ2v) is 4.22. The molecular formula is C11H11F3N2OS. The van der Waals surface area contributed by atoms with Crippen LogP contribution in [0.1, 0.15) is 0 Å². The van der Waals surface area contributed by atoms with E-state index < -0.39 is 6.36 Å². The van der Waals surface area contributed by atoms with E-state index in [1.54, 1.807) is 11.8 Å². The van der Waals surface area contributed by atoms with Crippen LogP contribution in [0.4, 0.5) is 19.0 Å². The molecule has 0 aromatic carbocycles. The molecule has 7 heteroatoms. The van der Waals surface area contributed by atoms with E-state index in [0.29, 0.717) is 18.1 Å².